The molecule has 0 radical (unpaired) electrons. The summed E-state index contributed by atoms with van der Waals surface area (Å²) in [5, 5.41) is 0. The van der Waals surface area contributed by atoms with Crippen LogP contribution in [0.2, 0.25) is 0 Å². The zero-order valence-corrected chi connectivity index (χ0v) is 9.42. The van der Waals surface area contributed by atoms with E-state index < -0.39 is 17.5 Å². The third-order valence-electron chi connectivity index (χ3n) is 1.11. The van der Waals surface area contributed by atoms with Gasteiger partial charge in [-0.3, -0.25) is 0 Å². The molecule has 14 heavy (non-hydrogen) atoms. The topological polar surface area (TPSA) is 52.6 Å². The van der Waals surface area contributed by atoms with Gasteiger partial charge in [0, 0.05) is 0 Å². The summed E-state index contributed by atoms with van der Waals surface area (Å²) in [7, 11) is 0. The molecule has 0 fully saturated rings. The van der Waals surface area contributed by atoms with Gasteiger partial charge in [-0.05, 0) is 26.7 Å². The summed E-state index contributed by atoms with van der Waals surface area (Å²) in [4.78, 5) is 22.1. The van der Waals surface area contributed by atoms with E-state index in [-0.39, 0.29) is 12.5 Å². The van der Waals surface area contributed by atoms with Crippen molar-refractivity contribution in [3.05, 3.63) is 0 Å². The van der Waals surface area contributed by atoms with Crippen LogP contribution in [0.4, 0.5) is 0 Å². The highest BCUT2D eigenvalue weighted by Crippen LogP contribution is 2.07. The van der Waals surface area contributed by atoms with Gasteiger partial charge in [0.25, 0.3) is 0 Å². The van der Waals surface area contributed by atoms with Crippen LogP contribution in [0, 0.1) is 5.92 Å². The van der Waals surface area contributed by atoms with Crippen molar-refractivity contribution in [3.8, 4) is 0 Å². The van der Waals surface area contributed by atoms with Gasteiger partial charge in [-0.2, -0.15) is 0 Å². The third kappa shape index (κ3) is 6.46. The first-order valence-corrected chi connectivity index (χ1v) is 4.62. The maximum absolute atomic E-state index is 11.1. The molecule has 0 saturated heterocycles. The van der Waals surface area contributed by atoms with E-state index in [1.54, 1.807) is 20.8 Å². The molecule has 0 bridgehead atoms. The molecule has 0 aromatic rings. The maximum atomic E-state index is 11.1. The standard InChI is InChI=1S/C10H18O4/c1-7(2)6-13-8(11)9(12)14-10(3,4)5/h7H,6H2,1-5H3. The molecule has 0 spiro atoms. The molecule has 0 atom stereocenters. The fraction of sp³-hybridized carbons (Fsp3) is 0.800. The number of carbonyl (C=O) groups is 2. The molecule has 0 aliphatic rings. The molecule has 0 aromatic heterocycles. The predicted molar refractivity (Wildman–Crippen MR) is 51.6 cm³/mol. The fourth-order valence-electron chi connectivity index (χ4n) is 0.621. The lowest BCUT2D eigenvalue weighted by Crippen LogP contribution is -2.30. The molecule has 4 nitrogen and oxygen atoms in total. The van der Waals surface area contributed by atoms with Crippen molar-refractivity contribution in [2.24, 2.45) is 5.92 Å². The average molecular weight is 202 g/mol. The molecule has 0 aliphatic carbocycles. The van der Waals surface area contributed by atoms with E-state index in [0.717, 1.165) is 0 Å². The Hall–Kier alpha value is -1.06. The summed E-state index contributed by atoms with van der Waals surface area (Å²) in [5.74, 6) is -1.65. The highest BCUT2D eigenvalue weighted by molar-refractivity contribution is 6.29. The van der Waals surface area contributed by atoms with Gasteiger partial charge in [0.1, 0.15) is 5.60 Å². The second-order valence-corrected chi connectivity index (χ2v) is 4.49. The minimum atomic E-state index is -0.932. The van der Waals surface area contributed by atoms with E-state index in [1.807, 2.05) is 13.8 Å². The van der Waals surface area contributed by atoms with Crippen LogP contribution in [0.25, 0.3) is 0 Å². The highest BCUT2D eigenvalue weighted by Gasteiger charge is 2.24. The fourth-order valence-corrected chi connectivity index (χ4v) is 0.621. The Morgan fingerprint density at radius 2 is 1.64 bits per heavy atom. The largest absolute Gasteiger partial charge is 0.457 e. The van der Waals surface area contributed by atoms with Gasteiger partial charge in [-0.15, -0.1) is 0 Å². The van der Waals surface area contributed by atoms with Gasteiger partial charge in [-0.1, -0.05) is 13.8 Å². The van der Waals surface area contributed by atoms with Crippen molar-refractivity contribution >= 4 is 11.9 Å². The smallest absolute Gasteiger partial charge is 0.417 e. The molecular formula is C10H18O4. The first-order valence-electron chi connectivity index (χ1n) is 4.62. The van der Waals surface area contributed by atoms with Gasteiger partial charge in [0.15, 0.2) is 0 Å². The highest BCUT2D eigenvalue weighted by atomic mass is 16.6. The first kappa shape index (κ1) is 12.9. The van der Waals surface area contributed by atoms with Crippen molar-refractivity contribution in [1.82, 2.24) is 0 Å². The van der Waals surface area contributed by atoms with Crippen LogP contribution in [0.5, 0.6) is 0 Å². The summed E-state index contributed by atoms with van der Waals surface area (Å²) < 4.78 is 9.52. The number of carbonyl (C=O) groups excluding carboxylic acids is 2. The Balaban J connectivity index is 3.95. The number of hydrogen-bond donors (Lipinski definition) is 0. The third-order valence-corrected chi connectivity index (χ3v) is 1.11. The lowest BCUT2D eigenvalue weighted by atomic mass is 10.2. The van der Waals surface area contributed by atoms with Gasteiger partial charge < -0.3 is 9.47 Å². The van der Waals surface area contributed by atoms with E-state index in [0.29, 0.717) is 0 Å². The SMILES string of the molecule is CC(C)COC(=O)C(=O)OC(C)(C)C. The molecule has 0 heterocycles. The number of ether oxygens (including phenoxy) is 2. The van der Waals surface area contributed by atoms with E-state index >= 15 is 0 Å². The zero-order chi connectivity index (χ0) is 11.4. The van der Waals surface area contributed by atoms with Crippen LogP contribution >= 0.6 is 0 Å². The molecule has 0 unspecified atom stereocenters. The number of esters is 2. The van der Waals surface area contributed by atoms with Crippen LogP contribution in [0.15, 0.2) is 0 Å². The quantitative estimate of drug-likeness (QED) is 0.503. The second-order valence-electron chi connectivity index (χ2n) is 4.49. The summed E-state index contributed by atoms with van der Waals surface area (Å²) in [6, 6.07) is 0. The molecule has 0 aromatic carbocycles. The summed E-state index contributed by atoms with van der Waals surface area (Å²) >= 11 is 0. The summed E-state index contributed by atoms with van der Waals surface area (Å²) in [5.41, 5.74) is -0.659. The minimum Gasteiger partial charge on any atom is -0.457 e. The second kappa shape index (κ2) is 4.98. The molecule has 0 amide bonds. The number of rotatable bonds is 2. The van der Waals surface area contributed by atoms with Crippen molar-refractivity contribution < 1.29 is 19.1 Å². The lowest BCUT2D eigenvalue weighted by Gasteiger charge is -2.18. The Labute approximate surface area is 84.6 Å². The van der Waals surface area contributed by atoms with Gasteiger partial charge in [0.2, 0.25) is 0 Å². The van der Waals surface area contributed by atoms with Crippen LogP contribution in [-0.2, 0) is 19.1 Å². The molecule has 4 heteroatoms. The van der Waals surface area contributed by atoms with Crippen LogP contribution in [0.1, 0.15) is 34.6 Å². The zero-order valence-electron chi connectivity index (χ0n) is 9.42. The minimum absolute atomic E-state index is 0.210. The van der Waals surface area contributed by atoms with Crippen molar-refractivity contribution in [1.29, 1.82) is 0 Å². The van der Waals surface area contributed by atoms with Crippen LogP contribution < -0.4 is 0 Å². The Kier molecular flexibility index (Phi) is 4.60. The molecule has 0 rings (SSSR count). The molecule has 0 aliphatic heterocycles. The Bertz CT molecular complexity index is 213. The molecule has 82 valence electrons. The lowest BCUT2D eigenvalue weighted by molar-refractivity contribution is -0.175. The van der Waals surface area contributed by atoms with Crippen molar-refractivity contribution in [2.45, 2.75) is 40.2 Å². The Morgan fingerprint density at radius 3 is 2.00 bits per heavy atom. The van der Waals surface area contributed by atoms with Crippen LogP contribution in [-0.4, -0.2) is 24.1 Å². The maximum Gasteiger partial charge on any atom is 0.417 e. The average Bonchev–Trinajstić information content (AvgIpc) is 1.96. The van der Waals surface area contributed by atoms with E-state index in [9.17, 15) is 9.59 Å². The molecular weight excluding hydrogens is 184 g/mol. The van der Waals surface area contributed by atoms with E-state index in [1.165, 1.54) is 0 Å². The normalized spacial score (nSPS) is 11.3. The predicted octanol–water partition coefficient (Wildman–Crippen LogP) is 1.53. The molecule has 0 saturated carbocycles. The Morgan fingerprint density at radius 1 is 1.14 bits per heavy atom. The van der Waals surface area contributed by atoms with Crippen LogP contribution in [0.3, 0.4) is 0 Å². The van der Waals surface area contributed by atoms with Crippen molar-refractivity contribution in [2.75, 3.05) is 6.61 Å². The van der Waals surface area contributed by atoms with Gasteiger partial charge >= 0.3 is 11.9 Å². The first-order chi connectivity index (χ1) is 6.22. The number of hydrogen-bond acceptors (Lipinski definition) is 4. The van der Waals surface area contributed by atoms with E-state index in [2.05, 4.69) is 0 Å². The molecule has 0 N–H and O–H groups in total. The van der Waals surface area contributed by atoms with E-state index in [4.69, 9.17) is 9.47 Å². The summed E-state index contributed by atoms with van der Waals surface area (Å²) in [6.07, 6.45) is 0. The van der Waals surface area contributed by atoms with Crippen molar-refractivity contribution in [3.63, 3.8) is 0 Å². The summed E-state index contributed by atoms with van der Waals surface area (Å²) in [6.45, 7) is 9.10. The van der Waals surface area contributed by atoms with Gasteiger partial charge in [0.05, 0.1) is 6.61 Å². The van der Waals surface area contributed by atoms with Gasteiger partial charge in [-0.25, -0.2) is 9.59 Å². The monoisotopic (exact) mass is 202 g/mol.